The number of carbonyl (C=O) groups is 4. The number of hydrogen-bond donors (Lipinski definition) is 1. The molecule has 0 bridgehead atoms. The van der Waals surface area contributed by atoms with Gasteiger partial charge in [0.2, 0.25) is 23.6 Å². The fourth-order valence-electron chi connectivity index (χ4n) is 3.22. The largest absolute Gasteiger partial charge is 0.359 e. The van der Waals surface area contributed by atoms with E-state index >= 15 is 0 Å². The number of thioether (sulfide) groups is 1. The first-order valence-corrected chi connectivity index (χ1v) is 8.90. The van der Waals surface area contributed by atoms with E-state index in [1.807, 2.05) is 0 Å². The van der Waals surface area contributed by atoms with Gasteiger partial charge < -0.3 is 5.32 Å². The van der Waals surface area contributed by atoms with Crippen LogP contribution in [0.5, 0.6) is 0 Å². The molecule has 1 unspecified atom stereocenters. The first-order valence-electron chi connectivity index (χ1n) is 7.62. The third-order valence-electron chi connectivity index (χ3n) is 4.57. The quantitative estimate of drug-likeness (QED) is 0.778. The maximum Gasteiger partial charge on any atom is 0.249 e. The normalized spacial score (nSPS) is 28.8. The van der Waals surface area contributed by atoms with Gasteiger partial charge in [-0.15, -0.1) is 0 Å². The maximum absolute atomic E-state index is 12.3. The molecular weight excluding hydrogens is 304 g/mol. The van der Waals surface area contributed by atoms with E-state index in [2.05, 4.69) is 5.32 Å². The first kappa shape index (κ1) is 17.0. The smallest absolute Gasteiger partial charge is 0.249 e. The van der Waals surface area contributed by atoms with Crippen molar-refractivity contribution < 1.29 is 19.2 Å². The van der Waals surface area contributed by atoms with Crippen molar-refractivity contribution in [2.45, 2.75) is 43.8 Å². The van der Waals surface area contributed by atoms with Gasteiger partial charge in [0.15, 0.2) is 0 Å². The highest BCUT2D eigenvalue weighted by molar-refractivity contribution is 8.00. The summed E-state index contributed by atoms with van der Waals surface area (Å²) in [7, 11) is 1.63. The molecule has 0 aromatic carbocycles. The fourth-order valence-corrected chi connectivity index (χ4v) is 3.84. The van der Waals surface area contributed by atoms with Crippen LogP contribution in [0.4, 0.5) is 0 Å². The number of imide groups is 3. The summed E-state index contributed by atoms with van der Waals surface area (Å²) in [4.78, 5) is 48.5. The van der Waals surface area contributed by atoms with Crippen LogP contribution < -0.4 is 5.32 Å². The van der Waals surface area contributed by atoms with Crippen LogP contribution in [0, 0.1) is 11.8 Å². The summed E-state index contributed by atoms with van der Waals surface area (Å²) in [5, 5.41) is 2.24. The average molecular weight is 326 g/mol. The SMILES string of the molecule is CNC(=O)C1CCC(CC(=O)N2C(=O)CC(SC)C2=O)CC1. The molecule has 7 heteroatoms. The lowest BCUT2D eigenvalue weighted by Gasteiger charge is -2.27. The standard InChI is InChI=1S/C15H22N2O4S/c1-16-14(20)10-5-3-9(4-6-10)7-12(18)17-13(19)8-11(22-2)15(17)21/h9-11H,3-8H2,1-2H3,(H,16,20). The minimum Gasteiger partial charge on any atom is -0.359 e. The molecule has 1 N–H and O–H groups in total. The molecule has 122 valence electrons. The minimum atomic E-state index is -0.416. The summed E-state index contributed by atoms with van der Waals surface area (Å²) in [6.07, 6.45) is 5.19. The van der Waals surface area contributed by atoms with Gasteiger partial charge >= 0.3 is 0 Å². The Hall–Kier alpha value is -1.37. The molecule has 4 amide bonds. The predicted octanol–water partition coefficient (Wildman–Crippen LogP) is 0.946. The Morgan fingerprint density at radius 3 is 2.36 bits per heavy atom. The maximum atomic E-state index is 12.3. The molecule has 1 atom stereocenters. The van der Waals surface area contributed by atoms with Crippen LogP contribution >= 0.6 is 11.8 Å². The highest BCUT2D eigenvalue weighted by atomic mass is 32.2. The highest BCUT2D eigenvalue weighted by Crippen LogP contribution is 2.32. The number of amides is 4. The summed E-state index contributed by atoms with van der Waals surface area (Å²) in [6.45, 7) is 0. The Morgan fingerprint density at radius 2 is 1.86 bits per heavy atom. The fraction of sp³-hybridized carbons (Fsp3) is 0.733. The molecule has 2 fully saturated rings. The van der Waals surface area contributed by atoms with E-state index in [4.69, 9.17) is 0 Å². The van der Waals surface area contributed by atoms with E-state index in [0.717, 1.165) is 30.6 Å². The van der Waals surface area contributed by atoms with E-state index in [9.17, 15) is 19.2 Å². The van der Waals surface area contributed by atoms with Gasteiger partial charge in [-0.25, -0.2) is 4.90 Å². The molecule has 0 radical (unpaired) electrons. The lowest BCUT2D eigenvalue weighted by Crippen LogP contribution is -2.39. The third-order valence-corrected chi connectivity index (χ3v) is 5.50. The second kappa shape index (κ2) is 7.26. The van der Waals surface area contributed by atoms with E-state index in [1.165, 1.54) is 11.8 Å². The lowest BCUT2D eigenvalue weighted by atomic mass is 9.80. The zero-order chi connectivity index (χ0) is 16.3. The van der Waals surface area contributed by atoms with E-state index in [0.29, 0.717) is 0 Å². The van der Waals surface area contributed by atoms with Crippen LogP contribution in [0.2, 0.25) is 0 Å². The van der Waals surface area contributed by atoms with Crippen LogP contribution in [-0.4, -0.2) is 47.1 Å². The molecule has 1 heterocycles. The zero-order valence-electron chi connectivity index (χ0n) is 13.0. The van der Waals surface area contributed by atoms with Crippen molar-refractivity contribution in [2.24, 2.45) is 11.8 Å². The van der Waals surface area contributed by atoms with Crippen LogP contribution in [0.25, 0.3) is 0 Å². The number of nitrogens with zero attached hydrogens (tertiary/aromatic N) is 1. The number of hydrogen-bond acceptors (Lipinski definition) is 5. The van der Waals surface area contributed by atoms with Crippen molar-refractivity contribution in [2.75, 3.05) is 13.3 Å². The van der Waals surface area contributed by atoms with Crippen LogP contribution in [-0.2, 0) is 19.2 Å². The summed E-state index contributed by atoms with van der Waals surface area (Å²) >= 11 is 1.31. The molecule has 1 saturated carbocycles. The molecule has 2 rings (SSSR count). The van der Waals surface area contributed by atoms with Crippen molar-refractivity contribution in [1.82, 2.24) is 10.2 Å². The summed E-state index contributed by atoms with van der Waals surface area (Å²) in [6, 6.07) is 0. The minimum absolute atomic E-state index is 0.0206. The molecule has 0 spiro atoms. The van der Waals surface area contributed by atoms with E-state index in [-0.39, 0.29) is 48.3 Å². The second-order valence-electron chi connectivity index (χ2n) is 5.93. The van der Waals surface area contributed by atoms with Gasteiger partial charge in [0.1, 0.15) is 0 Å². The number of rotatable bonds is 4. The van der Waals surface area contributed by atoms with Gasteiger partial charge in [0.05, 0.1) is 5.25 Å². The van der Waals surface area contributed by atoms with Gasteiger partial charge in [0.25, 0.3) is 0 Å². The van der Waals surface area contributed by atoms with Gasteiger partial charge in [-0.2, -0.15) is 11.8 Å². The van der Waals surface area contributed by atoms with Gasteiger partial charge in [-0.05, 0) is 37.9 Å². The zero-order valence-corrected chi connectivity index (χ0v) is 13.8. The Morgan fingerprint density at radius 1 is 1.23 bits per heavy atom. The van der Waals surface area contributed by atoms with E-state index in [1.54, 1.807) is 13.3 Å². The molecule has 1 aliphatic heterocycles. The van der Waals surface area contributed by atoms with Crippen molar-refractivity contribution in [3.8, 4) is 0 Å². The van der Waals surface area contributed by atoms with Crippen molar-refractivity contribution in [3.63, 3.8) is 0 Å². The van der Waals surface area contributed by atoms with Crippen LogP contribution in [0.3, 0.4) is 0 Å². The van der Waals surface area contributed by atoms with Crippen LogP contribution in [0.15, 0.2) is 0 Å². The monoisotopic (exact) mass is 326 g/mol. The van der Waals surface area contributed by atoms with Crippen LogP contribution in [0.1, 0.15) is 38.5 Å². The Balaban J connectivity index is 1.87. The van der Waals surface area contributed by atoms with Gasteiger partial charge in [-0.1, -0.05) is 0 Å². The molecule has 2 aliphatic rings. The number of nitrogens with one attached hydrogen (secondary N) is 1. The molecule has 0 aromatic heterocycles. The summed E-state index contributed by atoms with van der Waals surface area (Å²) in [5.74, 6) is -0.906. The summed E-state index contributed by atoms with van der Waals surface area (Å²) < 4.78 is 0. The van der Waals surface area contributed by atoms with E-state index < -0.39 is 5.25 Å². The number of carbonyl (C=O) groups excluding carboxylic acids is 4. The summed E-state index contributed by atoms with van der Waals surface area (Å²) in [5.41, 5.74) is 0. The van der Waals surface area contributed by atoms with Crippen molar-refractivity contribution in [1.29, 1.82) is 0 Å². The van der Waals surface area contributed by atoms with Crippen molar-refractivity contribution >= 4 is 35.4 Å². The Kier molecular flexibility index (Phi) is 5.61. The predicted molar refractivity (Wildman–Crippen MR) is 82.9 cm³/mol. The molecule has 6 nitrogen and oxygen atoms in total. The molecule has 22 heavy (non-hydrogen) atoms. The van der Waals surface area contributed by atoms with Gasteiger partial charge in [0, 0.05) is 25.8 Å². The third kappa shape index (κ3) is 3.51. The van der Waals surface area contributed by atoms with Crippen molar-refractivity contribution in [3.05, 3.63) is 0 Å². The second-order valence-corrected chi connectivity index (χ2v) is 6.97. The average Bonchev–Trinajstić information content (AvgIpc) is 2.81. The highest BCUT2D eigenvalue weighted by Gasteiger charge is 2.42. The Labute approximate surface area is 134 Å². The molecule has 1 aliphatic carbocycles. The molecular formula is C15H22N2O4S. The van der Waals surface area contributed by atoms with Gasteiger partial charge in [-0.3, -0.25) is 19.2 Å². The Bertz CT molecular complexity index is 486. The molecule has 0 aromatic rings. The first-order chi connectivity index (χ1) is 10.5. The molecule has 1 saturated heterocycles. The number of likely N-dealkylation sites (tertiary alicyclic amines) is 1. The lowest BCUT2D eigenvalue weighted by molar-refractivity contribution is -0.149. The topological polar surface area (TPSA) is 83.6 Å².